The molecule has 1 aliphatic rings. The number of aromatic amines is 1. The Morgan fingerprint density at radius 3 is 2.89 bits per heavy atom. The van der Waals surface area contributed by atoms with Crippen LogP contribution in [-0.2, 0) is 6.42 Å². The topological polar surface area (TPSA) is 53.2 Å². The molecule has 1 aromatic heterocycles. The van der Waals surface area contributed by atoms with Gasteiger partial charge in [0.25, 0.3) is 5.91 Å². The van der Waals surface area contributed by atoms with Gasteiger partial charge in [-0.05, 0) is 24.5 Å². The zero-order valence-corrected chi connectivity index (χ0v) is 10.4. The summed E-state index contributed by atoms with van der Waals surface area (Å²) in [6, 6.07) is 10.7. The predicted octanol–water partition coefficient (Wildman–Crippen LogP) is 1.97. The van der Waals surface area contributed by atoms with Gasteiger partial charge in [-0.25, -0.2) is 0 Å². The maximum absolute atomic E-state index is 12.5. The normalized spacial score (nSPS) is 14.0. The summed E-state index contributed by atoms with van der Waals surface area (Å²) in [5.41, 5.74) is 2.31. The molecule has 19 heavy (non-hydrogen) atoms. The van der Waals surface area contributed by atoms with Gasteiger partial charge in [-0.15, -0.1) is 0 Å². The fourth-order valence-corrected chi connectivity index (χ4v) is 2.46. The molecule has 1 amide bonds. The van der Waals surface area contributed by atoms with Gasteiger partial charge in [0.15, 0.2) is 5.43 Å². The molecule has 3 rings (SSSR count). The Bertz CT molecular complexity index is 676. The van der Waals surface area contributed by atoms with Crippen molar-refractivity contribution >= 4 is 11.6 Å². The first kappa shape index (κ1) is 11.7. The van der Waals surface area contributed by atoms with Crippen LogP contribution in [0, 0.1) is 0 Å². The standard InChI is InChI=1S/C15H14N2O2/c18-12-7-8-16-13(10-12)15(19)17-9-3-5-11-4-1-2-6-14(11)17/h1-2,4,6-8,10H,3,5,9H2,(H,16,18). The Morgan fingerprint density at radius 2 is 2.05 bits per heavy atom. The smallest absolute Gasteiger partial charge is 0.274 e. The number of para-hydroxylation sites is 1. The summed E-state index contributed by atoms with van der Waals surface area (Å²) in [6.07, 6.45) is 3.44. The van der Waals surface area contributed by atoms with Gasteiger partial charge in [0.2, 0.25) is 0 Å². The van der Waals surface area contributed by atoms with Crippen molar-refractivity contribution in [1.82, 2.24) is 4.98 Å². The lowest BCUT2D eigenvalue weighted by Crippen LogP contribution is -2.36. The number of carbonyl (C=O) groups excluding carboxylic acids is 1. The molecule has 0 fully saturated rings. The van der Waals surface area contributed by atoms with Crippen molar-refractivity contribution in [3.05, 3.63) is 64.1 Å². The molecule has 4 nitrogen and oxygen atoms in total. The van der Waals surface area contributed by atoms with Gasteiger partial charge >= 0.3 is 0 Å². The number of hydrogen-bond donors (Lipinski definition) is 1. The van der Waals surface area contributed by atoms with Crippen molar-refractivity contribution in [1.29, 1.82) is 0 Å². The van der Waals surface area contributed by atoms with E-state index in [2.05, 4.69) is 4.98 Å². The molecule has 1 aliphatic heterocycles. The van der Waals surface area contributed by atoms with E-state index in [1.807, 2.05) is 24.3 Å². The van der Waals surface area contributed by atoms with Gasteiger partial charge in [-0.2, -0.15) is 0 Å². The summed E-state index contributed by atoms with van der Waals surface area (Å²) in [4.78, 5) is 28.4. The minimum absolute atomic E-state index is 0.148. The maximum Gasteiger partial charge on any atom is 0.274 e. The highest BCUT2D eigenvalue weighted by atomic mass is 16.2. The lowest BCUT2D eigenvalue weighted by atomic mass is 10.0. The van der Waals surface area contributed by atoms with Crippen molar-refractivity contribution in [2.45, 2.75) is 12.8 Å². The number of hydrogen-bond acceptors (Lipinski definition) is 2. The molecule has 0 spiro atoms. The number of pyridine rings is 1. The second-order valence-electron chi connectivity index (χ2n) is 4.63. The molecule has 0 unspecified atom stereocenters. The lowest BCUT2D eigenvalue weighted by Gasteiger charge is -2.29. The number of anilines is 1. The van der Waals surface area contributed by atoms with E-state index < -0.39 is 0 Å². The summed E-state index contributed by atoms with van der Waals surface area (Å²) in [5.74, 6) is -0.148. The second-order valence-corrected chi connectivity index (χ2v) is 4.63. The van der Waals surface area contributed by atoms with Crippen LogP contribution < -0.4 is 10.3 Å². The van der Waals surface area contributed by atoms with Crippen LogP contribution >= 0.6 is 0 Å². The van der Waals surface area contributed by atoms with Crippen LogP contribution in [0.2, 0.25) is 0 Å². The highest BCUT2D eigenvalue weighted by Gasteiger charge is 2.23. The number of amides is 1. The molecule has 1 aromatic carbocycles. The van der Waals surface area contributed by atoms with Crippen molar-refractivity contribution in [2.24, 2.45) is 0 Å². The minimum atomic E-state index is -0.160. The third kappa shape index (κ3) is 2.17. The summed E-state index contributed by atoms with van der Waals surface area (Å²) in [5, 5.41) is 0. The first-order valence-corrected chi connectivity index (χ1v) is 6.34. The summed E-state index contributed by atoms with van der Waals surface area (Å²) < 4.78 is 0. The van der Waals surface area contributed by atoms with Crippen LogP contribution in [0.4, 0.5) is 5.69 Å². The molecule has 4 heteroatoms. The van der Waals surface area contributed by atoms with Gasteiger partial charge in [-0.3, -0.25) is 9.59 Å². The van der Waals surface area contributed by atoms with Crippen LogP contribution in [0.15, 0.2) is 47.4 Å². The van der Waals surface area contributed by atoms with E-state index in [9.17, 15) is 9.59 Å². The molecule has 0 atom stereocenters. The van der Waals surface area contributed by atoms with Crippen LogP contribution in [-0.4, -0.2) is 17.4 Å². The Labute approximate surface area is 110 Å². The Kier molecular flexibility index (Phi) is 2.91. The average molecular weight is 254 g/mol. The second kappa shape index (κ2) is 4.72. The molecule has 2 aromatic rings. The Morgan fingerprint density at radius 1 is 1.21 bits per heavy atom. The summed E-state index contributed by atoms with van der Waals surface area (Å²) in [7, 11) is 0. The Hall–Kier alpha value is -2.36. The van der Waals surface area contributed by atoms with Gasteiger partial charge in [0.1, 0.15) is 5.69 Å². The molecule has 2 heterocycles. The highest BCUT2D eigenvalue weighted by Crippen LogP contribution is 2.27. The maximum atomic E-state index is 12.5. The number of rotatable bonds is 1. The molecule has 0 aliphatic carbocycles. The van der Waals surface area contributed by atoms with E-state index in [4.69, 9.17) is 0 Å². The lowest BCUT2D eigenvalue weighted by molar-refractivity contribution is 0.0980. The highest BCUT2D eigenvalue weighted by molar-refractivity contribution is 6.05. The van der Waals surface area contributed by atoms with Gasteiger partial charge in [0, 0.05) is 30.6 Å². The first-order valence-electron chi connectivity index (χ1n) is 6.34. The van der Waals surface area contributed by atoms with E-state index in [0.717, 1.165) is 18.5 Å². The van der Waals surface area contributed by atoms with Crippen molar-refractivity contribution in [3.63, 3.8) is 0 Å². The first-order chi connectivity index (χ1) is 9.25. The van der Waals surface area contributed by atoms with E-state index in [-0.39, 0.29) is 11.3 Å². The molecule has 0 saturated heterocycles. The zero-order chi connectivity index (χ0) is 13.2. The van der Waals surface area contributed by atoms with Crippen LogP contribution in [0.5, 0.6) is 0 Å². The van der Waals surface area contributed by atoms with Gasteiger partial charge in [-0.1, -0.05) is 18.2 Å². The third-order valence-electron chi connectivity index (χ3n) is 3.36. The number of benzene rings is 1. The number of nitrogens with one attached hydrogen (secondary N) is 1. The van der Waals surface area contributed by atoms with E-state index >= 15 is 0 Å². The molecular formula is C15H14N2O2. The Balaban J connectivity index is 2.00. The number of aryl methyl sites for hydroxylation is 1. The summed E-state index contributed by atoms with van der Waals surface area (Å²) in [6.45, 7) is 0.687. The number of nitrogens with zero attached hydrogens (tertiary/aromatic N) is 1. The molecule has 0 saturated carbocycles. The van der Waals surface area contributed by atoms with Crippen LogP contribution in [0.25, 0.3) is 0 Å². The molecule has 1 N–H and O–H groups in total. The average Bonchev–Trinajstić information content (AvgIpc) is 2.46. The van der Waals surface area contributed by atoms with E-state index in [0.29, 0.717) is 12.2 Å². The number of carbonyl (C=O) groups is 1. The van der Waals surface area contributed by atoms with E-state index in [1.54, 1.807) is 4.90 Å². The molecule has 0 radical (unpaired) electrons. The number of fused-ring (bicyclic) bond motifs is 1. The minimum Gasteiger partial charge on any atom is -0.357 e. The van der Waals surface area contributed by atoms with Crippen LogP contribution in [0.1, 0.15) is 22.5 Å². The van der Waals surface area contributed by atoms with E-state index in [1.165, 1.54) is 23.9 Å². The van der Waals surface area contributed by atoms with Crippen molar-refractivity contribution < 1.29 is 4.79 Å². The van der Waals surface area contributed by atoms with Gasteiger partial charge in [0.05, 0.1) is 0 Å². The zero-order valence-electron chi connectivity index (χ0n) is 10.4. The SMILES string of the molecule is O=C(c1cc(=O)cc[nH]1)N1CCCc2ccccc21. The van der Waals surface area contributed by atoms with Gasteiger partial charge < -0.3 is 9.88 Å². The number of aromatic nitrogens is 1. The molecular weight excluding hydrogens is 240 g/mol. The van der Waals surface area contributed by atoms with Crippen LogP contribution in [0.3, 0.4) is 0 Å². The quantitative estimate of drug-likeness (QED) is 0.845. The predicted molar refractivity (Wildman–Crippen MR) is 73.5 cm³/mol. The van der Waals surface area contributed by atoms with Crippen molar-refractivity contribution in [2.75, 3.05) is 11.4 Å². The monoisotopic (exact) mass is 254 g/mol. The fourth-order valence-electron chi connectivity index (χ4n) is 2.46. The molecule has 0 bridgehead atoms. The molecule has 96 valence electrons. The number of H-pyrrole nitrogens is 1. The largest absolute Gasteiger partial charge is 0.357 e. The summed E-state index contributed by atoms with van der Waals surface area (Å²) >= 11 is 0. The van der Waals surface area contributed by atoms with Crippen molar-refractivity contribution in [3.8, 4) is 0 Å². The fraction of sp³-hybridized carbons (Fsp3) is 0.200. The third-order valence-corrected chi connectivity index (χ3v) is 3.36.